The van der Waals surface area contributed by atoms with Crippen molar-refractivity contribution in [3.05, 3.63) is 24.3 Å². The van der Waals surface area contributed by atoms with Crippen LogP contribution in [0.5, 0.6) is 0 Å². The molecule has 0 aromatic carbocycles. The summed E-state index contributed by atoms with van der Waals surface area (Å²) in [4.78, 5) is 8.22. The van der Waals surface area contributed by atoms with E-state index in [0.717, 1.165) is 19.4 Å². The molecule has 0 aliphatic rings. The summed E-state index contributed by atoms with van der Waals surface area (Å²) in [6.07, 6.45) is 7.68. The van der Waals surface area contributed by atoms with Gasteiger partial charge in [0.25, 0.3) is 0 Å². The zero-order valence-electron chi connectivity index (χ0n) is 10.8. The largest absolute Gasteiger partial charge is 0.309 e. The average Bonchev–Trinajstić information content (AvgIpc) is 2.31. The highest BCUT2D eigenvalue weighted by molar-refractivity contribution is 5.12. The molecule has 1 atom stereocenters. The minimum atomic E-state index is 0.222. The number of nitrogens with zero attached hydrogens (tertiary/aromatic N) is 2. The minimum Gasteiger partial charge on any atom is -0.309 e. The lowest BCUT2D eigenvalue weighted by molar-refractivity contribution is 0.234. The molecule has 1 N–H and O–H groups in total. The van der Waals surface area contributed by atoms with Gasteiger partial charge >= 0.3 is 0 Å². The highest BCUT2D eigenvalue weighted by atomic mass is 14.9. The quantitative estimate of drug-likeness (QED) is 0.802. The van der Waals surface area contributed by atoms with Gasteiger partial charge in [-0.25, -0.2) is 9.97 Å². The van der Waals surface area contributed by atoms with Crippen LogP contribution in [0.3, 0.4) is 0 Å². The van der Waals surface area contributed by atoms with Crippen LogP contribution in [0.25, 0.3) is 0 Å². The molecule has 0 aliphatic carbocycles. The maximum Gasteiger partial charge on any atom is 0.115 e. The molecule has 3 heteroatoms. The fourth-order valence-corrected chi connectivity index (χ4v) is 1.80. The number of rotatable bonds is 6. The van der Waals surface area contributed by atoms with Gasteiger partial charge in [0.1, 0.15) is 6.33 Å². The Morgan fingerprint density at radius 1 is 1.25 bits per heavy atom. The van der Waals surface area contributed by atoms with Crippen LogP contribution in [0.15, 0.2) is 18.7 Å². The zero-order chi connectivity index (χ0) is 12.0. The number of hydrogen-bond donors (Lipinski definition) is 1. The summed E-state index contributed by atoms with van der Waals surface area (Å²) in [7, 11) is 0. The maximum absolute atomic E-state index is 4.11. The van der Waals surface area contributed by atoms with Gasteiger partial charge in [-0.1, -0.05) is 27.7 Å². The second-order valence-corrected chi connectivity index (χ2v) is 4.90. The molecule has 90 valence electrons. The summed E-state index contributed by atoms with van der Waals surface area (Å²) in [5, 5.41) is 3.60. The van der Waals surface area contributed by atoms with Crippen molar-refractivity contribution >= 4 is 0 Å². The second-order valence-electron chi connectivity index (χ2n) is 4.90. The first-order valence-corrected chi connectivity index (χ1v) is 6.10. The standard InChI is InChI=1S/C13H23N3/c1-5-7-16-12(13(3,4)6-2)11-8-14-10-15-9-11/h8-10,12,16H,5-7H2,1-4H3. The zero-order valence-corrected chi connectivity index (χ0v) is 10.8. The van der Waals surface area contributed by atoms with Gasteiger partial charge in [0.2, 0.25) is 0 Å². The Labute approximate surface area is 98.7 Å². The minimum absolute atomic E-state index is 0.222. The molecule has 0 saturated heterocycles. The van der Waals surface area contributed by atoms with Crippen molar-refractivity contribution in [1.82, 2.24) is 15.3 Å². The van der Waals surface area contributed by atoms with Crippen molar-refractivity contribution in [2.24, 2.45) is 5.41 Å². The van der Waals surface area contributed by atoms with E-state index in [-0.39, 0.29) is 5.41 Å². The van der Waals surface area contributed by atoms with Crippen LogP contribution in [0, 0.1) is 5.41 Å². The van der Waals surface area contributed by atoms with E-state index in [0.29, 0.717) is 6.04 Å². The van der Waals surface area contributed by atoms with E-state index < -0.39 is 0 Å². The van der Waals surface area contributed by atoms with E-state index in [1.54, 1.807) is 6.33 Å². The molecule has 1 aromatic heterocycles. The Morgan fingerprint density at radius 3 is 2.38 bits per heavy atom. The topological polar surface area (TPSA) is 37.8 Å². The Hall–Kier alpha value is -0.960. The van der Waals surface area contributed by atoms with E-state index in [1.807, 2.05) is 12.4 Å². The number of hydrogen-bond acceptors (Lipinski definition) is 3. The molecule has 0 spiro atoms. The molecule has 16 heavy (non-hydrogen) atoms. The van der Waals surface area contributed by atoms with E-state index >= 15 is 0 Å². The Morgan fingerprint density at radius 2 is 1.88 bits per heavy atom. The highest BCUT2D eigenvalue weighted by Gasteiger charge is 2.28. The predicted molar refractivity (Wildman–Crippen MR) is 67.1 cm³/mol. The van der Waals surface area contributed by atoms with E-state index in [9.17, 15) is 0 Å². The van der Waals surface area contributed by atoms with Gasteiger partial charge in [0.15, 0.2) is 0 Å². The average molecular weight is 221 g/mol. The normalized spacial score (nSPS) is 13.8. The fraction of sp³-hybridized carbons (Fsp3) is 0.692. The monoisotopic (exact) mass is 221 g/mol. The Bertz CT molecular complexity index is 295. The molecular weight excluding hydrogens is 198 g/mol. The third kappa shape index (κ3) is 3.27. The van der Waals surface area contributed by atoms with E-state index in [2.05, 4.69) is 43.0 Å². The van der Waals surface area contributed by atoms with E-state index in [1.165, 1.54) is 5.56 Å². The number of aromatic nitrogens is 2. The van der Waals surface area contributed by atoms with Gasteiger partial charge in [-0.05, 0) is 24.8 Å². The summed E-state index contributed by atoms with van der Waals surface area (Å²) in [6.45, 7) is 10.0. The van der Waals surface area contributed by atoms with Crippen molar-refractivity contribution in [3.8, 4) is 0 Å². The van der Waals surface area contributed by atoms with Crippen molar-refractivity contribution in [1.29, 1.82) is 0 Å². The first-order chi connectivity index (χ1) is 7.61. The lowest BCUT2D eigenvalue weighted by Gasteiger charge is -2.34. The Balaban J connectivity index is 2.87. The smallest absolute Gasteiger partial charge is 0.115 e. The van der Waals surface area contributed by atoms with Crippen LogP contribution in [0.1, 0.15) is 52.1 Å². The van der Waals surface area contributed by atoms with Gasteiger partial charge in [-0.2, -0.15) is 0 Å². The summed E-state index contributed by atoms with van der Waals surface area (Å²) in [5.74, 6) is 0. The molecule has 1 heterocycles. The summed E-state index contributed by atoms with van der Waals surface area (Å²) in [5.41, 5.74) is 1.41. The summed E-state index contributed by atoms with van der Waals surface area (Å²) < 4.78 is 0. The predicted octanol–water partition coefficient (Wildman–Crippen LogP) is 2.95. The molecule has 0 amide bonds. The van der Waals surface area contributed by atoms with Crippen LogP contribution >= 0.6 is 0 Å². The van der Waals surface area contributed by atoms with Gasteiger partial charge in [0, 0.05) is 24.0 Å². The lowest BCUT2D eigenvalue weighted by Crippen LogP contribution is -2.34. The van der Waals surface area contributed by atoms with Crippen LogP contribution in [-0.2, 0) is 0 Å². The molecule has 0 aliphatic heterocycles. The molecule has 0 saturated carbocycles. The van der Waals surface area contributed by atoms with Crippen LogP contribution in [0.4, 0.5) is 0 Å². The molecule has 1 rings (SSSR count). The lowest BCUT2D eigenvalue weighted by atomic mass is 9.79. The molecule has 0 radical (unpaired) electrons. The van der Waals surface area contributed by atoms with Crippen molar-refractivity contribution in [3.63, 3.8) is 0 Å². The first-order valence-electron chi connectivity index (χ1n) is 6.10. The molecular formula is C13H23N3. The van der Waals surface area contributed by atoms with Gasteiger partial charge < -0.3 is 5.32 Å². The van der Waals surface area contributed by atoms with Crippen molar-refractivity contribution in [2.75, 3.05) is 6.54 Å². The fourth-order valence-electron chi connectivity index (χ4n) is 1.80. The number of nitrogens with one attached hydrogen (secondary N) is 1. The second kappa shape index (κ2) is 5.94. The molecule has 1 aromatic rings. The van der Waals surface area contributed by atoms with Gasteiger partial charge in [-0.3, -0.25) is 0 Å². The maximum atomic E-state index is 4.11. The van der Waals surface area contributed by atoms with Gasteiger partial charge in [0.05, 0.1) is 0 Å². The van der Waals surface area contributed by atoms with Crippen molar-refractivity contribution < 1.29 is 0 Å². The van der Waals surface area contributed by atoms with Crippen LogP contribution in [-0.4, -0.2) is 16.5 Å². The SMILES string of the molecule is CCCNC(c1cncnc1)C(C)(C)CC. The highest BCUT2D eigenvalue weighted by Crippen LogP contribution is 2.35. The van der Waals surface area contributed by atoms with E-state index in [4.69, 9.17) is 0 Å². The van der Waals surface area contributed by atoms with Crippen molar-refractivity contribution in [2.45, 2.75) is 46.6 Å². The molecule has 0 bridgehead atoms. The van der Waals surface area contributed by atoms with Gasteiger partial charge in [-0.15, -0.1) is 0 Å². The third-order valence-electron chi connectivity index (χ3n) is 3.21. The Kier molecular flexibility index (Phi) is 4.87. The third-order valence-corrected chi connectivity index (χ3v) is 3.21. The summed E-state index contributed by atoms with van der Waals surface area (Å²) in [6, 6.07) is 0.332. The molecule has 3 nitrogen and oxygen atoms in total. The van der Waals surface area contributed by atoms with Crippen LogP contribution in [0.2, 0.25) is 0 Å². The van der Waals surface area contributed by atoms with Crippen LogP contribution < -0.4 is 5.32 Å². The first kappa shape index (κ1) is 13.1. The molecule has 0 fully saturated rings. The molecule has 1 unspecified atom stereocenters. The summed E-state index contributed by atoms with van der Waals surface area (Å²) >= 11 is 0.